The summed E-state index contributed by atoms with van der Waals surface area (Å²) < 4.78 is 26.6. The first-order valence-corrected chi connectivity index (χ1v) is 5.39. The Hall–Kier alpha value is -1.65. The van der Waals surface area contributed by atoms with Crippen LogP contribution in [-0.2, 0) is 4.79 Å². The number of carboxylic acid groups (broad SMARTS) is 1. The Morgan fingerprint density at radius 3 is 2.59 bits per heavy atom. The highest BCUT2D eigenvalue weighted by atomic mass is 19.1. The van der Waals surface area contributed by atoms with Crippen molar-refractivity contribution < 1.29 is 23.8 Å². The lowest BCUT2D eigenvalue weighted by Crippen LogP contribution is -2.10. The number of halogens is 2. The van der Waals surface area contributed by atoms with Crippen LogP contribution >= 0.6 is 0 Å². The van der Waals surface area contributed by atoms with Crippen molar-refractivity contribution in [2.45, 2.75) is 25.2 Å². The maximum atomic E-state index is 13.7. The second-order valence-electron chi connectivity index (χ2n) is 4.34. The quantitative estimate of drug-likeness (QED) is 0.853. The third-order valence-corrected chi connectivity index (χ3v) is 3.08. The average Bonchev–Trinajstić information content (AvgIpc) is 3.07. The lowest BCUT2D eigenvalue weighted by molar-refractivity contribution is -0.137. The van der Waals surface area contributed by atoms with Gasteiger partial charge in [0.05, 0.1) is 6.42 Å². The molecule has 2 N–H and O–H groups in total. The second-order valence-corrected chi connectivity index (χ2v) is 4.34. The van der Waals surface area contributed by atoms with Gasteiger partial charge in [0, 0.05) is 5.92 Å². The van der Waals surface area contributed by atoms with Crippen molar-refractivity contribution in [1.29, 1.82) is 0 Å². The summed E-state index contributed by atoms with van der Waals surface area (Å²) in [5.74, 6) is -4.49. The summed E-state index contributed by atoms with van der Waals surface area (Å²) in [7, 11) is 0. The Kier molecular flexibility index (Phi) is 3.00. The smallest absolute Gasteiger partial charge is 0.303 e. The van der Waals surface area contributed by atoms with Crippen LogP contribution < -0.4 is 0 Å². The van der Waals surface area contributed by atoms with Gasteiger partial charge in [-0.05, 0) is 30.4 Å². The van der Waals surface area contributed by atoms with Gasteiger partial charge < -0.3 is 10.2 Å². The third kappa shape index (κ3) is 2.38. The molecule has 1 aromatic rings. The predicted octanol–water partition coefficient (Wildman–Crippen LogP) is 2.64. The minimum Gasteiger partial charge on any atom is -0.503 e. The molecule has 3 nitrogen and oxygen atoms in total. The summed E-state index contributed by atoms with van der Waals surface area (Å²) >= 11 is 0. The standard InChI is InChI=1S/C12H12F2O3/c13-9-4-3-7(11(14)12(9)17)8(5-10(15)16)6-1-2-6/h3-4,6,8,17H,1-2,5H2,(H,15,16). The van der Waals surface area contributed by atoms with Crippen LogP contribution in [-0.4, -0.2) is 16.2 Å². The molecule has 17 heavy (non-hydrogen) atoms. The zero-order chi connectivity index (χ0) is 12.6. The van der Waals surface area contributed by atoms with Crippen LogP contribution in [0.4, 0.5) is 8.78 Å². The molecule has 1 aromatic carbocycles. The van der Waals surface area contributed by atoms with Crippen LogP contribution in [0.2, 0.25) is 0 Å². The van der Waals surface area contributed by atoms with Crippen LogP contribution in [0, 0.1) is 17.6 Å². The van der Waals surface area contributed by atoms with Gasteiger partial charge in [0.25, 0.3) is 0 Å². The van der Waals surface area contributed by atoms with E-state index >= 15 is 0 Å². The predicted molar refractivity (Wildman–Crippen MR) is 55.7 cm³/mol. The summed E-state index contributed by atoms with van der Waals surface area (Å²) in [6.45, 7) is 0. The monoisotopic (exact) mass is 242 g/mol. The van der Waals surface area contributed by atoms with Gasteiger partial charge in [-0.25, -0.2) is 8.78 Å². The second kappa shape index (κ2) is 4.31. The number of aliphatic carboxylic acids is 1. The largest absolute Gasteiger partial charge is 0.503 e. The topological polar surface area (TPSA) is 57.5 Å². The third-order valence-electron chi connectivity index (χ3n) is 3.08. The number of hydrogen-bond donors (Lipinski definition) is 2. The van der Waals surface area contributed by atoms with Crippen molar-refractivity contribution in [3.63, 3.8) is 0 Å². The van der Waals surface area contributed by atoms with E-state index in [1.165, 1.54) is 6.07 Å². The molecular formula is C12H12F2O3. The first-order valence-electron chi connectivity index (χ1n) is 5.39. The van der Waals surface area contributed by atoms with Crippen molar-refractivity contribution >= 4 is 5.97 Å². The zero-order valence-corrected chi connectivity index (χ0v) is 8.99. The minimum atomic E-state index is -1.04. The van der Waals surface area contributed by atoms with Gasteiger partial charge in [0.15, 0.2) is 17.4 Å². The molecule has 92 valence electrons. The van der Waals surface area contributed by atoms with Crippen LogP contribution in [0.3, 0.4) is 0 Å². The normalized spacial score (nSPS) is 16.8. The number of benzene rings is 1. The van der Waals surface area contributed by atoms with Gasteiger partial charge >= 0.3 is 5.97 Å². The molecule has 1 unspecified atom stereocenters. The highest BCUT2D eigenvalue weighted by Crippen LogP contribution is 2.46. The maximum absolute atomic E-state index is 13.7. The summed E-state index contributed by atoms with van der Waals surface area (Å²) in [5.41, 5.74) is 0.0915. The molecule has 5 heteroatoms. The molecule has 1 atom stereocenters. The van der Waals surface area contributed by atoms with E-state index < -0.39 is 29.3 Å². The summed E-state index contributed by atoms with van der Waals surface area (Å²) in [4.78, 5) is 10.7. The SMILES string of the molecule is O=C(O)CC(c1ccc(F)c(O)c1F)C1CC1. The molecule has 1 aliphatic carbocycles. The van der Waals surface area contributed by atoms with E-state index in [9.17, 15) is 18.7 Å². The fourth-order valence-electron chi connectivity index (χ4n) is 2.06. The van der Waals surface area contributed by atoms with Crippen LogP contribution in [0.15, 0.2) is 12.1 Å². The molecule has 0 saturated heterocycles. The fraction of sp³-hybridized carbons (Fsp3) is 0.417. The molecule has 0 aliphatic heterocycles. The minimum absolute atomic E-state index is 0.0915. The number of rotatable bonds is 4. The van der Waals surface area contributed by atoms with Crippen molar-refractivity contribution in [3.05, 3.63) is 29.3 Å². The molecule has 0 aromatic heterocycles. The van der Waals surface area contributed by atoms with Crippen LogP contribution in [0.25, 0.3) is 0 Å². The molecule has 2 rings (SSSR count). The van der Waals surface area contributed by atoms with Gasteiger partial charge in [-0.15, -0.1) is 0 Å². The summed E-state index contributed by atoms with van der Waals surface area (Å²) in [5, 5.41) is 18.0. The Bertz CT molecular complexity index is 455. The highest BCUT2D eigenvalue weighted by molar-refractivity contribution is 5.68. The molecule has 0 radical (unpaired) electrons. The first kappa shape index (κ1) is 11.8. The van der Waals surface area contributed by atoms with E-state index in [1.807, 2.05) is 0 Å². The number of aromatic hydroxyl groups is 1. The van der Waals surface area contributed by atoms with Crippen molar-refractivity contribution in [3.8, 4) is 5.75 Å². The molecule has 0 heterocycles. The number of phenols is 1. The molecule has 1 aliphatic rings. The van der Waals surface area contributed by atoms with E-state index in [1.54, 1.807) is 0 Å². The van der Waals surface area contributed by atoms with Crippen molar-refractivity contribution in [2.75, 3.05) is 0 Å². The highest BCUT2D eigenvalue weighted by Gasteiger charge is 2.36. The van der Waals surface area contributed by atoms with Crippen molar-refractivity contribution in [2.24, 2.45) is 5.92 Å². The molecule has 0 amide bonds. The van der Waals surface area contributed by atoms with Gasteiger partial charge in [-0.2, -0.15) is 0 Å². The summed E-state index contributed by atoms with van der Waals surface area (Å²) in [6.07, 6.45) is 1.48. The van der Waals surface area contributed by atoms with E-state index in [2.05, 4.69) is 0 Å². The average molecular weight is 242 g/mol. The molecular weight excluding hydrogens is 230 g/mol. The van der Waals surface area contributed by atoms with Gasteiger partial charge in [-0.3, -0.25) is 4.79 Å². The van der Waals surface area contributed by atoms with Crippen LogP contribution in [0.1, 0.15) is 30.7 Å². The first-order chi connectivity index (χ1) is 8.00. The lowest BCUT2D eigenvalue weighted by atomic mass is 9.90. The fourth-order valence-corrected chi connectivity index (χ4v) is 2.06. The number of carboxylic acids is 1. The maximum Gasteiger partial charge on any atom is 0.303 e. The molecule has 0 spiro atoms. The Labute approximate surface area is 96.7 Å². The molecule has 1 saturated carbocycles. The van der Waals surface area contributed by atoms with Gasteiger partial charge in [0.2, 0.25) is 0 Å². The Morgan fingerprint density at radius 1 is 1.41 bits per heavy atom. The lowest BCUT2D eigenvalue weighted by Gasteiger charge is -2.15. The number of phenolic OH excluding ortho intramolecular Hbond substituents is 1. The Balaban J connectivity index is 2.35. The summed E-state index contributed by atoms with van der Waals surface area (Å²) in [6, 6.07) is 2.18. The van der Waals surface area contributed by atoms with E-state index in [4.69, 9.17) is 5.11 Å². The van der Waals surface area contributed by atoms with E-state index in [0.717, 1.165) is 18.9 Å². The van der Waals surface area contributed by atoms with Crippen LogP contribution in [0.5, 0.6) is 5.75 Å². The van der Waals surface area contributed by atoms with Crippen molar-refractivity contribution in [1.82, 2.24) is 0 Å². The van der Waals surface area contributed by atoms with E-state index in [0.29, 0.717) is 0 Å². The number of carbonyl (C=O) groups is 1. The van der Waals surface area contributed by atoms with E-state index in [-0.39, 0.29) is 17.9 Å². The number of hydrogen-bond acceptors (Lipinski definition) is 2. The Morgan fingerprint density at radius 2 is 2.06 bits per heavy atom. The molecule has 1 fully saturated rings. The molecule has 0 bridgehead atoms. The zero-order valence-electron chi connectivity index (χ0n) is 8.99. The van der Waals surface area contributed by atoms with Gasteiger partial charge in [-0.1, -0.05) is 6.07 Å². The van der Waals surface area contributed by atoms with Gasteiger partial charge in [0.1, 0.15) is 0 Å².